The Morgan fingerprint density at radius 1 is 1.37 bits per heavy atom. The minimum absolute atomic E-state index is 0.0308. The van der Waals surface area contributed by atoms with Crippen LogP contribution in [0.25, 0.3) is 16.7 Å². The Morgan fingerprint density at radius 2 is 2.11 bits per heavy atom. The first-order valence-corrected chi connectivity index (χ1v) is 10.0. The van der Waals surface area contributed by atoms with E-state index in [0.29, 0.717) is 21.7 Å². The number of phenols is 1. The summed E-state index contributed by atoms with van der Waals surface area (Å²) >= 11 is 10.0. The summed E-state index contributed by atoms with van der Waals surface area (Å²) < 4.78 is 7.05. The van der Waals surface area contributed by atoms with E-state index in [9.17, 15) is 5.11 Å². The zero-order valence-corrected chi connectivity index (χ0v) is 17.8. The van der Waals surface area contributed by atoms with Gasteiger partial charge in [0.2, 0.25) is 0 Å². The van der Waals surface area contributed by atoms with Crippen LogP contribution in [0.5, 0.6) is 11.5 Å². The molecular formula is C22H21BrClNO2. The Bertz CT molecular complexity index is 1010. The lowest BCUT2D eigenvalue weighted by molar-refractivity contribution is 0.204. The van der Waals surface area contributed by atoms with Crippen molar-refractivity contribution >= 4 is 38.8 Å². The van der Waals surface area contributed by atoms with Crippen LogP contribution in [0.2, 0.25) is 5.02 Å². The maximum Gasteiger partial charge on any atom is 0.144 e. The van der Waals surface area contributed by atoms with Gasteiger partial charge in [-0.25, -0.2) is 0 Å². The molecule has 2 aromatic rings. The highest BCUT2D eigenvalue weighted by atomic mass is 79.9. The highest BCUT2D eigenvalue weighted by Gasteiger charge is 2.35. The highest BCUT2D eigenvalue weighted by Crippen LogP contribution is 2.55. The SMILES string of the molecule is C=CCC1Oc2c(Br)cc(O)c(Cl)c2-c2ccc3c(c21)C(C)=CC(C)(C)N3. The first kappa shape index (κ1) is 18.5. The minimum atomic E-state index is -0.178. The third-order valence-corrected chi connectivity index (χ3v) is 6.03. The molecule has 140 valence electrons. The number of benzene rings is 2. The number of anilines is 1. The van der Waals surface area contributed by atoms with Crippen LogP contribution in [-0.2, 0) is 0 Å². The lowest BCUT2D eigenvalue weighted by Gasteiger charge is -2.37. The van der Waals surface area contributed by atoms with Crippen molar-refractivity contribution in [1.29, 1.82) is 0 Å². The smallest absolute Gasteiger partial charge is 0.144 e. The molecule has 2 aliphatic rings. The molecule has 2 N–H and O–H groups in total. The molecule has 1 atom stereocenters. The molecule has 0 saturated heterocycles. The lowest BCUT2D eigenvalue weighted by Crippen LogP contribution is -2.32. The Hall–Kier alpha value is -1.91. The molecular weight excluding hydrogens is 426 g/mol. The van der Waals surface area contributed by atoms with Crippen molar-refractivity contribution in [2.24, 2.45) is 0 Å². The number of rotatable bonds is 2. The van der Waals surface area contributed by atoms with Gasteiger partial charge in [0.05, 0.1) is 15.0 Å². The van der Waals surface area contributed by atoms with Crippen LogP contribution in [0.3, 0.4) is 0 Å². The topological polar surface area (TPSA) is 41.5 Å². The predicted octanol–water partition coefficient (Wildman–Crippen LogP) is 7.09. The summed E-state index contributed by atoms with van der Waals surface area (Å²) in [6.45, 7) is 10.3. The van der Waals surface area contributed by atoms with Crippen LogP contribution < -0.4 is 10.1 Å². The van der Waals surface area contributed by atoms with E-state index >= 15 is 0 Å². The summed E-state index contributed by atoms with van der Waals surface area (Å²) in [5, 5.41) is 14.1. The van der Waals surface area contributed by atoms with Crippen molar-refractivity contribution in [1.82, 2.24) is 0 Å². The molecule has 0 bridgehead atoms. The number of hydrogen-bond donors (Lipinski definition) is 2. The third kappa shape index (κ3) is 2.86. The molecule has 2 aliphatic heterocycles. The summed E-state index contributed by atoms with van der Waals surface area (Å²) in [4.78, 5) is 0. The van der Waals surface area contributed by atoms with Crippen LogP contribution in [0.1, 0.15) is 44.4 Å². The van der Waals surface area contributed by atoms with Crippen LogP contribution in [0.15, 0.2) is 41.4 Å². The van der Waals surface area contributed by atoms with Gasteiger partial charge in [-0.2, -0.15) is 0 Å². The van der Waals surface area contributed by atoms with Gasteiger partial charge in [0, 0.05) is 28.8 Å². The molecule has 3 nitrogen and oxygen atoms in total. The van der Waals surface area contributed by atoms with E-state index in [1.807, 2.05) is 6.08 Å². The highest BCUT2D eigenvalue weighted by molar-refractivity contribution is 9.10. The van der Waals surface area contributed by atoms with Gasteiger partial charge in [-0.05, 0) is 60.0 Å². The molecule has 0 fully saturated rings. The van der Waals surface area contributed by atoms with Gasteiger partial charge in [-0.15, -0.1) is 6.58 Å². The predicted molar refractivity (Wildman–Crippen MR) is 116 cm³/mol. The molecule has 5 heteroatoms. The van der Waals surface area contributed by atoms with Crippen molar-refractivity contribution in [3.63, 3.8) is 0 Å². The second-order valence-corrected chi connectivity index (χ2v) is 8.88. The Balaban J connectivity index is 2.07. The molecule has 2 heterocycles. The summed E-state index contributed by atoms with van der Waals surface area (Å²) in [5.74, 6) is 0.686. The zero-order valence-electron chi connectivity index (χ0n) is 15.5. The molecule has 0 aliphatic carbocycles. The molecule has 4 rings (SSSR count). The van der Waals surface area contributed by atoms with Crippen molar-refractivity contribution in [2.45, 2.75) is 38.8 Å². The minimum Gasteiger partial charge on any atom is -0.506 e. The normalized spacial score (nSPS) is 19.0. The van der Waals surface area contributed by atoms with Gasteiger partial charge >= 0.3 is 0 Å². The van der Waals surface area contributed by atoms with Crippen LogP contribution in [-0.4, -0.2) is 10.6 Å². The maximum absolute atomic E-state index is 10.3. The largest absolute Gasteiger partial charge is 0.506 e. The number of nitrogens with one attached hydrogen (secondary N) is 1. The van der Waals surface area contributed by atoms with Crippen molar-refractivity contribution in [2.75, 3.05) is 5.32 Å². The van der Waals surface area contributed by atoms with Crippen LogP contribution in [0.4, 0.5) is 5.69 Å². The average molecular weight is 447 g/mol. The van der Waals surface area contributed by atoms with E-state index in [4.69, 9.17) is 16.3 Å². The molecule has 0 aromatic heterocycles. The second-order valence-electron chi connectivity index (χ2n) is 7.65. The Kier molecular flexibility index (Phi) is 4.32. The quantitative estimate of drug-likeness (QED) is 0.484. The van der Waals surface area contributed by atoms with Gasteiger partial charge in [-0.3, -0.25) is 0 Å². The van der Waals surface area contributed by atoms with E-state index < -0.39 is 0 Å². The molecule has 0 spiro atoms. The molecule has 27 heavy (non-hydrogen) atoms. The number of fused-ring (bicyclic) bond motifs is 5. The zero-order chi connectivity index (χ0) is 19.5. The number of phenolic OH excluding ortho intramolecular Hbond substituents is 1. The van der Waals surface area contributed by atoms with Crippen molar-refractivity contribution in [3.8, 4) is 22.6 Å². The average Bonchev–Trinajstić information content (AvgIpc) is 2.58. The van der Waals surface area contributed by atoms with Crippen LogP contribution >= 0.6 is 27.5 Å². The van der Waals surface area contributed by atoms with Crippen LogP contribution in [0, 0.1) is 0 Å². The van der Waals surface area contributed by atoms with Crippen molar-refractivity contribution < 1.29 is 9.84 Å². The molecule has 0 amide bonds. The van der Waals surface area contributed by atoms with Gasteiger partial charge in [0.15, 0.2) is 0 Å². The lowest BCUT2D eigenvalue weighted by atomic mass is 9.81. The summed E-state index contributed by atoms with van der Waals surface area (Å²) in [6.07, 6.45) is 4.59. The van der Waals surface area contributed by atoms with E-state index in [-0.39, 0.29) is 17.4 Å². The van der Waals surface area contributed by atoms with E-state index in [0.717, 1.165) is 27.9 Å². The molecule has 2 aromatic carbocycles. The molecule has 0 radical (unpaired) electrons. The number of aromatic hydroxyl groups is 1. The van der Waals surface area contributed by atoms with E-state index in [1.165, 1.54) is 5.57 Å². The van der Waals surface area contributed by atoms with Gasteiger partial charge in [-0.1, -0.05) is 29.8 Å². The fourth-order valence-corrected chi connectivity index (χ4v) is 4.92. The molecule has 0 saturated carbocycles. The number of halogens is 2. The second kappa shape index (κ2) is 6.32. The number of hydrogen-bond acceptors (Lipinski definition) is 3. The number of allylic oxidation sites excluding steroid dienone is 1. The Labute approximate surface area is 172 Å². The third-order valence-electron chi connectivity index (χ3n) is 5.06. The van der Waals surface area contributed by atoms with Gasteiger partial charge in [0.25, 0.3) is 0 Å². The summed E-state index contributed by atoms with van der Waals surface area (Å²) in [5.41, 5.74) is 6.08. The van der Waals surface area contributed by atoms with E-state index in [2.05, 4.69) is 66.8 Å². The fourth-order valence-electron chi connectivity index (χ4n) is 4.17. The van der Waals surface area contributed by atoms with Crippen molar-refractivity contribution in [3.05, 3.63) is 57.6 Å². The molecule has 1 unspecified atom stereocenters. The monoisotopic (exact) mass is 445 g/mol. The Morgan fingerprint density at radius 3 is 2.81 bits per heavy atom. The first-order chi connectivity index (χ1) is 12.7. The van der Waals surface area contributed by atoms with Gasteiger partial charge < -0.3 is 15.2 Å². The maximum atomic E-state index is 10.3. The van der Waals surface area contributed by atoms with Gasteiger partial charge in [0.1, 0.15) is 17.6 Å². The summed E-state index contributed by atoms with van der Waals surface area (Å²) in [7, 11) is 0. The first-order valence-electron chi connectivity index (χ1n) is 8.87. The van der Waals surface area contributed by atoms with E-state index in [1.54, 1.807) is 6.07 Å². The number of ether oxygens (including phenoxy) is 1. The summed E-state index contributed by atoms with van der Waals surface area (Å²) in [6, 6.07) is 5.72. The fraction of sp³-hybridized carbons (Fsp3) is 0.273. The standard InChI is InChI=1S/C22H21BrClNO2/c1-5-6-16-18-12(19-20(24)15(26)9-13(23)21(19)27-16)7-8-14-17(18)11(2)10-22(3,4)25-14/h5,7-10,16,25-26H,1,6H2,2-4H3.